The number of nitrogens with zero attached hydrogens (tertiary/aromatic N) is 3. The van der Waals surface area contributed by atoms with E-state index in [1.165, 1.54) is 12.7 Å². The number of benzene rings is 2. The molecule has 10 heteroatoms. The Labute approximate surface area is 247 Å². The van der Waals surface area contributed by atoms with E-state index in [9.17, 15) is 10.2 Å². The zero-order valence-corrected chi connectivity index (χ0v) is 22.4. The minimum Gasteiger partial charge on any atom is -0.493 e. The summed E-state index contributed by atoms with van der Waals surface area (Å²) in [5.74, 6) is -0.0717. The summed E-state index contributed by atoms with van der Waals surface area (Å²) in [4.78, 5) is 22.2. The van der Waals surface area contributed by atoms with Gasteiger partial charge in [0.05, 0.1) is 28.4 Å². The van der Waals surface area contributed by atoms with E-state index in [1.54, 1.807) is 18.2 Å². The predicted octanol–water partition coefficient (Wildman–Crippen LogP) is 5.92. The smallest absolute Gasteiger partial charge is 0.202 e. The average Bonchev–Trinajstić information content (AvgIpc) is 3.40. The van der Waals surface area contributed by atoms with Gasteiger partial charge >= 0.3 is 0 Å². The number of rotatable bonds is 6. The molecule has 0 bridgehead atoms. The van der Waals surface area contributed by atoms with Crippen molar-refractivity contribution in [1.82, 2.24) is 9.97 Å². The van der Waals surface area contributed by atoms with Gasteiger partial charge in [0.15, 0.2) is 6.39 Å². The molecule has 0 aliphatic heterocycles. The number of halogens is 1. The van der Waals surface area contributed by atoms with Gasteiger partial charge in [0.1, 0.15) is 28.5 Å². The van der Waals surface area contributed by atoms with E-state index < -0.39 is 5.84 Å². The molecule has 0 amide bonds. The molecular weight excluding hydrogens is 643 g/mol. The van der Waals surface area contributed by atoms with Crippen molar-refractivity contribution in [2.24, 2.45) is 5.73 Å². The van der Waals surface area contributed by atoms with Crippen molar-refractivity contribution in [3.05, 3.63) is 105 Å². The first-order valence-corrected chi connectivity index (χ1v) is 11.5. The third-order valence-corrected chi connectivity index (χ3v) is 6.04. The number of anilines is 1. The Morgan fingerprint density at radius 1 is 1.16 bits per heavy atom. The van der Waals surface area contributed by atoms with Crippen LogP contribution in [-0.2, 0) is 0 Å². The molecule has 0 fully saturated rings. The molecule has 191 valence electrons. The number of pyridine rings is 1. The second-order valence-corrected chi connectivity index (χ2v) is 8.77. The van der Waals surface area contributed by atoms with Gasteiger partial charge in [-0.1, -0.05) is 48.0 Å². The molecule has 3 heterocycles. The Kier molecular flexibility index (Phi) is 8.04. The fourth-order valence-electron chi connectivity index (χ4n) is 4.22. The normalized spacial score (nSPS) is 11.6. The molecule has 0 spiro atoms. The average molecular weight is 664 g/mol. The van der Waals surface area contributed by atoms with E-state index in [4.69, 9.17) is 26.2 Å². The molecule has 0 aliphatic carbocycles. The molecule has 3 aromatic heterocycles. The van der Waals surface area contributed by atoms with Crippen LogP contribution in [0.3, 0.4) is 0 Å². The first-order valence-electron chi connectivity index (χ1n) is 11.1. The maximum Gasteiger partial charge on any atom is 0.202 e. The molecule has 1 atom stereocenters. The summed E-state index contributed by atoms with van der Waals surface area (Å²) in [7, 11) is 0. The molecular formula is C27H21ClHoN5O3-. The minimum atomic E-state index is -0.462. The van der Waals surface area contributed by atoms with E-state index in [2.05, 4.69) is 15.3 Å². The van der Waals surface area contributed by atoms with Gasteiger partial charge in [-0.25, -0.2) is 9.97 Å². The van der Waals surface area contributed by atoms with Crippen molar-refractivity contribution >= 4 is 34.1 Å². The Bertz CT molecular complexity index is 1650. The maximum atomic E-state index is 13.8. The van der Waals surface area contributed by atoms with Crippen LogP contribution in [0.2, 0.25) is 5.15 Å². The molecule has 3 N–H and O–H groups in total. The number of aryl methyl sites for hydroxylation is 1. The van der Waals surface area contributed by atoms with Crippen LogP contribution in [-0.4, -0.2) is 15.8 Å². The van der Waals surface area contributed by atoms with E-state index >= 15 is 0 Å². The van der Waals surface area contributed by atoms with Crippen LogP contribution in [0.4, 0.5) is 5.69 Å². The number of fused-ring (bicyclic) bond motifs is 1. The van der Waals surface area contributed by atoms with Gasteiger partial charge in [0.2, 0.25) is 5.43 Å². The number of hydrogen-bond acceptors (Lipinski definition) is 6. The largest absolute Gasteiger partial charge is 0.493 e. The molecule has 5 aromatic rings. The van der Waals surface area contributed by atoms with Crippen molar-refractivity contribution in [1.29, 1.82) is 0 Å². The van der Waals surface area contributed by atoms with Crippen LogP contribution >= 0.6 is 11.6 Å². The maximum absolute atomic E-state index is 13.8. The van der Waals surface area contributed by atoms with Crippen LogP contribution in [0.25, 0.3) is 39.0 Å². The molecule has 5 rings (SSSR count). The molecule has 0 saturated heterocycles. The summed E-state index contributed by atoms with van der Waals surface area (Å²) in [5, 5.41) is 13.8. The van der Waals surface area contributed by atoms with Crippen LogP contribution in [0.15, 0.2) is 80.9 Å². The van der Waals surface area contributed by atoms with Crippen LogP contribution in [0.1, 0.15) is 29.8 Å². The fourth-order valence-corrected chi connectivity index (χ4v) is 4.36. The second kappa shape index (κ2) is 11.1. The van der Waals surface area contributed by atoms with Crippen molar-refractivity contribution in [3.63, 3.8) is 0 Å². The minimum absolute atomic E-state index is 0. The molecule has 0 aliphatic rings. The summed E-state index contributed by atoms with van der Waals surface area (Å²) in [6, 6.07) is 16.0. The van der Waals surface area contributed by atoms with E-state index in [0.29, 0.717) is 33.7 Å². The van der Waals surface area contributed by atoms with Gasteiger partial charge in [0.25, 0.3) is 0 Å². The first-order chi connectivity index (χ1) is 17.3. The summed E-state index contributed by atoms with van der Waals surface area (Å²) >= 11 is 5.98. The Balaban J connectivity index is 0.00000320. The number of amidine groups is 1. The molecule has 2 aromatic carbocycles. The van der Waals surface area contributed by atoms with Gasteiger partial charge in [-0.05, 0) is 43.4 Å². The van der Waals surface area contributed by atoms with E-state index in [1.807, 2.05) is 50.2 Å². The van der Waals surface area contributed by atoms with Crippen LogP contribution in [0.5, 0.6) is 0 Å². The first kappa shape index (κ1) is 26.9. The monoisotopic (exact) mass is 663 g/mol. The van der Waals surface area contributed by atoms with Crippen molar-refractivity contribution in [2.75, 3.05) is 5.32 Å². The molecule has 1 radical (unpaired) electrons. The Hall–Kier alpha value is -3.17. The topological polar surface area (TPSA) is 129 Å². The summed E-state index contributed by atoms with van der Waals surface area (Å²) in [6.45, 7) is 3.82. The standard InChI is InChI=1S/C27H21ClN5O3.Ho/c1-14-10-17(15(2)32-19-8-9-21(28)33-23(19)27(29)30)26-18(11-14)24(34)22(20-12-35-13-31-20)25(36-26)16-6-4-3-5-7-16;/h3-13,15H,1-2H3,(H3-,29,30,32);/q-1;/t15-;/m1./s1. The molecule has 0 saturated carbocycles. The quantitative estimate of drug-likeness (QED) is 0.0999. The van der Waals surface area contributed by atoms with E-state index in [0.717, 1.165) is 16.7 Å². The van der Waals surface area contributed by atoms with Crippen molar-refractivity contribution in [2.45, 2.75) is 19.9 Å². The second-order valence-electron chi connectivity index (χ2n) is 8.39. The summed E-state index contributed by atoms with van der Waals surface area (Å²) in [6.07, 6.45) is 2.71. The molecule has 0 unspecified atom stereocenters. The van der Waals surface area contributed by atoms with Gasteiger partial charge in [0, 0.05) is 48.9 Å². The number of nitrogens with two attached hydrogens (primary N) is 1. The third kappa shape index (κ3) is 5.29. The number of nitrogens with one attached hydrogen (secondary N) is 1. The zero-order chi connectivity index (χ0) is 25.4. The fraction of sp³-hybridized carbons (Fsp3) is 0.111. The van der Waals surface area contributed by atoms with Gasteiger partial charge in [-0.2, -0.15) is 0 Å². The number of oxazole rings is 1. The van der Waals surface area contributed by atoms with Crippen molar-refractivity contribution in [3.8, 4) is 22.6 Å². The Morgan fingerprint density at radius 2 is 1.92 bits per heavy atom. The van der Waals surface area contributed by atoms with Gasteiger partial charge in [-0.3, -0.25) is 4.79 Å². The van der Waals surface area contributed by atoms with Crippen molar-refractivity contribution < 1.29 is 46.6 Å². The summed E-state index contributed by atoms with van der Waals surface area (Å²) in [5.41, 5.74) is 9.50. The van der Waals surface area contributed by atoms with Crippen LogP contribution in [0, 0.1) is 44.7 Å². The summed E-state index contributed by atoms with van der Waals surface area (Å²) < 4.78 is 11.7. The predicted molar refractivity (Wildman–Crippen MR) is 141 cm³/mol. The molecule has 8 nitrogen and oxygen atoms in total. The SMILES string of the molecule is Cc1cc([C@@H](C)Nc2ccc(Cl)nc2C(=[N-])N)c2oc(-c3ccccc3)c(-c3cocn3)c(=O)c2c1.[Ho]. The number of aromatic nitrogens is 2. The number of hydrogen-bond donors (Lipinski definition) is 2. The zero-order valence-electron chi connectivity index (χ0n) is 19.8. The van der Waals surface area contributed by atoms with Crippen LogP contribution < -0.4 is 16.5 Å². The third-order valence-electron chi connectivity index (χ3n) is 5.83. The van der Waals surface area contributed by atoms with E-state index in [-0.39, 0.29) is 60.1 Å². The molecule has 37 heavy (non-hydrogen) atoms. The van der Waals surface area contributed by atoms with Gasteiger partial charge in [-0.15, -0.1) is 0 Å². The van der Waals surface area contributed by atoms with Gasteiger partial charge < -0.3 is 25.3 Å². The Morgan fingerprint density at radius 3 is 2.59 bits per heavy atom.